The van der Waals surface area contributed by atoms with Crippen LogP contribution in [0.4, 0.5) is 0 Å². The van der Waals surface area contributed by atoms with E-state index in [9.17, 15) is 0 Å². The summed E-state index contributed by atoms with van der Waals surface area (Å²) in [6.45, 7) is 0.850. The van der Waals surface area contributed by atoms with Crippen LogP contribution in [0.3, 0.4) is 0 Å². The van der Waals surface area contributed by atoms with Gasteiger partial charge in [-0.3, -0.25) is 4.98 Å². The van der Waals surface area contributed by atoms with E-state index in [1.807, 2.05) is 24.5 Å². The molecule has 0 aliphatic heterocycles. The maximum Gasteiger partial charge on any atom is 0.0767 e. The predicted molar refractivity (Wildman–Crippen MR) is 81.6 cm³/mol. The predicted octanol–water partition coefficient (Wildman–Crippen LogP) is 4.08. The minimum atomic E-state index is 0.285. The van der Waals surface area contributed by atoms with Crippen molar-refractivity contribution in [1.82, 2.24) is 10.3 Å². The first kappa shape index (κ1) is 12.5. The molecule has 0 unspecified atom stereocenters. The van der Waals surface area contributed by atoms with Gasteiger partial charge in [-0.1, -0.05) is 12.1 Å². The highest BCUT2D eigenvalue weighted by atomic mass is 32.1. The standard InChI is InChI=1S/C15H14N2S2/c1-3-13(18-9-1)15(14-4-2-10-19-14)17-11-12-5-7-16-8-6-12/h1-10,15,17H,11H2. The quantitative estimate of drug-likeness (QED) is 0.764. The highest BCUT2D eigenvalue weighted by Gasteiger charge is 2.15. The summed E-state index contributed by atoms with van der Waals surface area (Å²) in [6, 6.07) is 13.0. The number of thiophene rings is 2. The molecule has 0 bridgehead atoms. The first-order valence-electron chi connectivity index (χ1n) is 6.12. The third-order valence-corrected chi connectivity index (χ3v) is 4.79. The first-order valence-corrected chi connectivity index (χ1v) is 7.88. The lowest BCUT2D eigenvalue weighted by molar-refractivity contribution is 0.621. The van der Waals surface area contributed by atoms with E-state index in [1.54, 1.807) is 22.7 Å². The van der Waals surface area contributed by atoms with Gasteiger partial charge in [0.2, 0.25) is 0 Å². The fraction of sp³-hybridized carbons (Fsp3) is 0.133. The molecular formula is C15H14N2S2. The van der Waals surface area contributed by atoms with Crippen LogP contribution in [-0.2, 0) is 6.54 Å². The van der Waals surface area contributed by atoms with Crippen molar-refractivity contribution >= 4 is 22.7 Å². The van der Waals surface area contributed by atoms with Gasteiger partial charge in [0, 0.05) is 28.7 Å². The third-order valence-electron chi connectivity index (χ3n) is 2.92. The van der Waals surface area contributed by atoms with Gasteiger partial charge < -0.3 is 5.32 Å². The fourth-order valence-electron chi connectivity index (χ4n) is 1.97. The highest BCUT2D eigenvalue weighted by Crippen LogP contribution is 2.29. The van der Waals surface area contributed by atoms with E-state index in [1.165, 1.54) is 15.3 Å². The molecule has 3 aromatic rings. The van der Waals surface area contributed by atoms with E-state index < -0.39 is 0 Å². The molecule has 3 aromatic heterocycles. The molecule has 96 valence electrons. The van der Waals surface area contributed by atoms with Gasteiger partial charge in [0.1, 0.15) is 0 Å². The molecule has 0 saturated heterocycles. The van der Waals surface area contributed by atoms with Crippen LogP contribution in [0.2, 0.25) is 0 Å². The lowest BCUT2D eigenvalue weighted by Gasteiger charge is -2.16. The lowest BCUT2D eigenvalue weighted by atomic mass is 10.2. The fourth-order valence-corrected chi connectivity index (χ4v) is 3.68. The number of hydrogen-bond donors (Lipinski definition) is 1. The number of aromatic nitrogens is 1. The third kappa shape index (κ3) is 3.10. The van der Waals surface area contributed by atoms with E-state index in [0.717, 1.165) is 6.54 Å². The van der Waals surface area contributed by atoms with Crippen LogP contribution in [0.25, 0.3) is 0 Å². The van der Waals surface area contributed by atoms with Crippen molar-refractivity contribution in [3.63, 3.8) is 0 Å². The Hall–Kier alpha value is -1.49. The van der Waals surface area contributed by atoms with Gasteiger partial charge in [-0.2, -0.15) is 0 Å². The van der Waals surface area contributed by atoms with E-state index in [-0.39, 0.29) is 6.04 Å². The minimum absolute atomic E-state index is 0.285. The highest BCUT2D eigenvalue weighted by molar-refractivity contribution is 7.11. The van der Waals surface area contributed by atoms with Crippen LogP contribution in [0.5, 0.6) is 0 Å². The Morgan fingerprint density at radius 1 is 0.947 bits per heavy atom. The number of hydrogen-bond acceptors (Lipinski definition) is 4. The molecule has 2 nitrogen and oxygen atoms in total. The zero-order chi connectivity index (χ0) is 12.9. The number of nitrogens with one attached hydrogen (secondary N) is 1. The molecule has 19 heavy (non-hydrogen) atoms. The topological polar surface area (TPSA) is 24.9 Å². The van der Waals surface area contributed by atoms with Gasteiger partial charge in [-0.25, -0.2) is 0 Å². The van der Waals surface area contributed by atoms with Gasteiger partial charge in [0.15, 0.2) is 0 Å². The Balaban J connectivity index is 1.77. The number of pyridine rings is 1. The summed E-state index contributed by atoms with van der Waals surface area (Å²) in [5.74, 6) is 0. The summed E-state index contributed by atoms with van der Waals surface area (Å²) < 4.78 is 0. The molecule has 3 heterocycles. The lowest BCUT2D eigenvalue weighted by Crippen LogP contribution is -2.20. The zero-order valence-electron chi connectivity index (χ0n) is 10.3. The van der Waals surface area contributed by atoms with Crippen molar-refractivity contribution in [3.05, 3.63) is 74.9 Å². The summed E-state index contributed by atoms with van der Waals surface area (Å²) in [6.07, 6.45) is 3.67. The van der Waals surface area contributed by atoms with E-state index in [4.69, 9.17) is 0 Å². The number of rotatable bonds is 5. The Kier molecular flexibility index (Phi) is 4.03. The molecular weight excluding hydrogens is 272 g/mol. The van der Waals surface area contributed by atoms with Crippen molar-refractivity contribution in [2.75, 3.05) is 0 Å². The van der Waals surface area contributed by atoms with Crippen molar-refractivity contribution in [2.45, 2.75) is 12.6 Å². The maximum absolute atomic E-state index is 4.05. The van der Waals surface area contributed by atoms with Crippen molar-refractivity contribution in [2.24, 2.45) is 0 Å². The van der Waals surface area contributed by atoms with Gasteiger partial charge in [0.05, 0.1) is 6.04 Å². The van der Waals surface area contributed by atoms with E-state index >= 15 is 0 Å². The molecule has 1 N–H and O–H groups in total. The maximum atomic E-state index is 4.05. The van der Waals surface area contributed by atoms with Crippen molar-refractivity contribution < 1.29 is 0 Å². The monoisotopic (exact) mass is 286 g/mol. The van der Waals surface area contributed by atoms with Crippen LogP contribution < -0.4 is 5.32 Å². The summed E-state index contributed by atoms with van der Waals surface area (Å²) >= 11 is 3.59. The van der Waals surface area contributed by atoms with Crippen LogP contribution >= 0.6 is 22.7 Å². The summed E-state index contributed by atoms with van der Waals surface area (Å²) in [7, 11) is 0. The average molecular weight is 286 g/mol. The van der Waals surface area contributed by atoms with Crippen LogP contribution in [0.1, 0.15) is 21.4 Å². The van der Waals surface area contributed by atoms with Crippen molar-refractivity contribution in [1.29, 1.82) is 0 Å². The average Bonchev–Trinajstić information content (AvgIpc) is 3.13. The van der Waals surface area contributed by atoms with Crippen molar-refractivity contribution in [3.8, 4) is 0 Å². The SMILES string of the molecule is c1csc(C(NCc2ccncc2)c2cccs2)c1. The molecule has 3 rings (SSSR count). The molecule has 0 amide bonds. The Bertz CT molecular complexity index is 554. The Morgan fingerprint density at radius 2 is 1.58 bits per heavy atom. The molecule has 0 aromatic carbocycles. The van der Waals surface area contributed by atoms with Gasteiger partial charge >= 0.3 is 0 Å². The molecule has 0 saturated carbocycles. The second-order valence-electron chi connectivity index (χ2n) is 4.20. The summed E-state index contributed by atoms with van der Waals surface area (Å²) in [4.78, 5) is 6.76. The Labute approximate surface area is 120 Å². The molecule has 0 spiro atoms. The molecule has 0 fully saturated rings. The van der Waals surface area contributed by atoms with Crippen LogP contribution in [-0.4, -0.2) is 4.98 Å². The van der Waals surface area contributed by atoms with E-state index in [2.05, 4.69) is 45.3 Å². The number of nitrogens with zero attached hydrogens (tertiary/aromatic N) is 1. The smallest absolute Gasteiger partial charge is 0.0767 e. The minimum Gasteiger partial charge on any atom is -0.301 e. The van der Waals surface area contributed by atoms with Gasteiger partial charge in [0.25, 0.3) is 0 Å². The first-order chi connectivity index (χ1) is 9.43. The Morgan fingerprint density at radius 3 is 2.11 bits per heavy atom. The second kappa shape index (κ2) is 6.10. The molecule has 0 atom stereocenters. The normalized spacial score (nSPS) is 11.0. The summed E-state index contributed by atoms with van der Waals surface area (Å²) in [5, 5.41) is 7.89. The summed E-state index contributed by atoms with van der Waals surface area (Å²) in [5.41, 5.74) is 1.26. The zero-order valence-corrected chi connectivity index (χ0v) is 12.0. The van der Waals surface area contributed by atoms with E-state index in [0.29, 0.717) is 0 Å². The van der Waals surface area contributed by atoms with Gasteiger partial charge in [-0.05, 0) is 40.6 Å². The second-order valence-corrected chi connectivity index (χ2v) is 6.16. The van der Waals surface area contributed by atoms with Crippen LogP contribution in [0.15, 0.2) is 59.6 Å². The molecule has 0 aliphatic carbocycles. The van der Waals surface area contributed by atoms with Gasteiger partial charge in [-0.15, -0.1) is 22.7 Å². The molecule has 0 aliphatic rings. The largest absolute Gasteiger partial charge is 0.301 e. The molecule has 0 radical (unpaired) electrons. The van der Waals surface area contributed by atoms with Crippen LogP contribution in [0, 0.1) is 0 Å². The molecule has 4 heteroatoms.